The highest BCUT2D eigenvalue weighted by atomic mass is 16.5. The molecule has 0 aliphatic carbocycles. The van der Waals surface area contributed by atoms with E-state index in [1.165, 1.54) is 6.92 Å². The molecular formula is C11H20O4. The molecule has 1 fully saturated rings. The zero-order valence-electron chi connectivity index (χ0n) is 9.35. The number of hydrogen-bond donors (Lipinski definition) is 2. The van der Waals surface area contributed by atoms with E-state index in [0.29, 0.717) is 6.42 Å². The number of carbonyl (C=O) groups excluding carboxylic acids is 1. The van der Waals surface area contributed by atoms with E-state index in [1.54, 1.807) is 0 Å². The van der Waals surface area contributed by atoms with Gasteiger partial charge in [-0.3, -0.25) is 4.79 Å². The largest absolute Gasteiger partial charge is 0.390 e. The minimum absolute atomic E-state index is 0.0246. The van der Waals surface area contributed by atoms with Gasteiger partial charge < -0.3 is 14.9 Å². The maximum atomic E-state index is 11.0. The molecule has 4 heteroatoms. The lowest BCUT2D eigenvalue weighted by molar-refractivity contribution is -0.173. The van der Waals surface area contributed by atoms with Gasteiger partial charge in [-0.1, -0.05) is 13.3 Å². The molecule has 88 valence electrons. The molecular weight excluding hydrogens is 196 g/mol. The summed E-state index contributed by atoms with van der Waals surface area (Å²) in [6.45, 7) is 3.51. The van der Waals surface area contributed by atoms with E-state index in [-0.39, 0.29) is 18.3 Å². The lowest BCUT2D eigenvalue weighted by atomic mass is 9.93. The molecule has 2 N–H and O–H groups in total. The third kappa shape index (κ3) is 3.55. The van der Waals surface area contributed by atoms with Gasteiger partial charge in [-0.2, -0.15) is 0 Å². The van der Waals surface area contributed by atoms with Gasteiger partial charge >= 0.3 is 0 Å². The highest BCUT2D eigenvalue weighted by Crippen LogP contribution is 2.25. The zero-order chi connectivity index (χ0) is 11.4. The fraction of sp³-hybridized carbons (Fsp3) is 0.909. The van der Waals surface area contributed by atoms with E-state index in [4.69, 9.17) is 4.74 Å². The Labute approximate surface area is 90.2 Å². The molecule has 4 nitrogen and oxygen atoms in total. The minimum Gasteiger partial charge on any atom is -0.390 e. The summed E-state index contributed by atoms with van der Waals surface area (Å²) >= 11 is 0. The molecule has 0 radical (unpaired) electrons. The van der Waals surface area contributed by atoms with Gasteiger partial charge in [0, 0.05) is 12.8 Å². The quantitative estimate of drug-likeness (QED) is 0.724. The summed E-state index contributed by atoms with van der Waals surface area (Å²) < 4.78 is 5.59. The summed E-state index contributed by atoms with van der Waals surface area (Å²) in [7, 11) is 0. The Bertz CT molecular complexity index is 217. The summed E-state index contributed by atoms with van der Waals surface area (Å²) in [5.74, 6) is -0.0246. The molecule has 0 aromatic rings. The van der Waals surface area contributed by atoms with Crippen molar-refractivity contribution in [2.24, 2.45) is 0 Å². The van der Waals surface area contributed by atoms with E-state index in [0.717, 1.165) is 12.8 Å². The van der Waals surface area contributed by atoms with Crippen LogP contribution in [0.5, 0.6) is 0 Å². The Hall–Kier alpha value is -0.450. The fourth-order valence-electron chi connectivity index (χ4n) is 2.00. The Morgan fingerprint density at radius 3 is 2.67 bits per heavy atom. The molecule has 0 spiro atoms. The molecule has 1 heterocycles. The highest BCUT2D eigenvalue weighted by molar-refractivity contribution is 5.76. The van der Waals surface area contributed by atoms with Crippen LogP contribution < -0.4 is 0 Å². The normalized spacial score (nSPS) is 36.5. The predicted octanol–water partition coefficient (Wildman–Crippen LogP) is 0.645. The van der Waals surface area contributed by atoms with Crippen LogP contribution in [0.1, 0.15) is 39.5 Å². The van der Waals surface area contributed by atoms with Crippen molar-refractivity contribution in [3.63, 3.8) is 0 Å². The lowest BCUT2D eigenvalue weighted by Gasteiger charge is -2.36. The standard InChI is InChI=1S/C11H20O4/c1-3-4-8-6-9(13)11(14)10(15-8)5-7(2)12/h8-11,13-14H,3-6H2,1-2H3/t8-,9-,10-,11+/m1/s1. The number of carbonyl (C=O) groups is 1. The smallest absolute Gasteiger partial charge is 0.132 e. The molecule has 1 aliphatic heterocycles. The van der Waals surface area contributed by atoms with Gasteiger partial charge in [0.15, 0.2) is 0 Å². The van der Waals surface area contributed by atoms with Gasteiger partial charge in [0.1, 0.15) is 11.9 Å². The summed E-state index contributed by atoms with van der Waals surface area (Å²) in [6.07, 6.45) is 0.211. The number of ether oxygens (including phenoxy) is 1. The van der Waals surface area contributed by atoms with E-state index in [2.05, 4.69) is 0 Å². The first-order valence-electron chi connectivity index (χ1n) is 5.55. The van der Waals surface area contributed by atoms with Crippen molar-refractivity contribution < 1.29 is 19.7 Å². The molecule has 15 heavy (non-hydrogen) atoms. The number of aliphatic hydroxyl groups is 2. The van der Waals surface area contributed by atoms with Crippen LogP contribution in [0.4, 0.5) is 0 Å². The molecule has 0 saturated carbocycles. The monoisotopic (exact) mass is 216 g/mol. The number of ketones is 1. The second-order valence-electron chi connectivity index (χ2n) is 4.28. The SMILES string of the molecule is CCC[C@@H]1C[C@@H](O)[C@H](O)[C@@H](CC(C)=O)O1. The average Bonchev–Trinajstić information content (AvgIpc) is 2.13. The molecule has 0 amide bonds. The molecule has 0 bridgehead atoms. The van der Waals surface area contributed by atoms with Gasteiger partial charge in [0.2, 0.25) is 0 Å². The van der Waals surface area contributed by atoms with Gasteiger partial charge in [-0.05, 0) is 13.3 Å². The van der Waals surface area contributed by atoms with Crippen LogP contribution in [0.15, 0.2) is 0 Å². The third-order valence-corrected chi connectivity index (χ3v) is 2.75. The van der Waals surface area contributed by atoms with Crippen molar-refractivity contribution in [1.29, 1.82) is 0 Å². The summed E-state index contributed by atoms with van der Waals surface area (Å²) in [6, 6.07) is 0. The van der Waals surface area contributed by atoms with Crippen LogP contribution in [0.2, 0.25) is 0 Å². The van der Waals surface area contributed by atoms with Crippen LogP contribution in [-0.4, -0.2) is 40.4 Å². The van der Waals surface area contributed by atoms with Gasteiger partial charge in [-0.15, -0.1) is 0 Å². The van der Waals surface area contributed by atoms with E-state index in [1.807, 2.05) is 6.92 Å². The summed E-state index contributed by atoms with van der Waals surface area (Å²) in [5, 5.41) is 19.3. The van der Waals surface area contributed by atoms with Crippen molar-refractivity contribution in [2.75, 3.05) is 0 Å². The van der Waals surface area contributed by atoms with Crippen molar-refractivity contribution in [3.05, 3.63) is 0 Å². The fourth-order valence-corrected chi connectivity index (χ4v) is 2.00. The Balaban J connectivity index is 2.55. The molecule has 0 aromatic carbocycles. The van der Waals surface area contributed by atoms with Crippen molar-refractivity contribution >= 4 is 5.78 Å². The van der Waals surface area contributed by atoms with Crippen molar-refractivity contribution in [3.8, 4) is 0 Å². The first kappa shape index (κ1) is 12.6. The van der Waals surface area contributed by atoms with Crippen LogP contribution >= 0.6 is 0 Å². The van der Waals surface area contributed by atoms with Gasteiger partial charge in [0.25, 0.3) is 0 Å². The van der Waals surface area contributed by atoms with Crippen LogP contribution in [0, 0.1) is 0 Å². The first-order valence-corrected chi connectivity index (χ1v) is 5.55. The first-order chi connectivity index (χ1) is 7.04. The Morgan fingerprint density at radius 1 is 1.47 bits per heavy atom. The number of hydrogen-bond acceptors (Lipinski definition) is 4. The molecule has 1 rings (SSSR count). The van der Waals surface area contributed by atoms with Crippen LogP contribution in [0.3, 0.4) is 0 Å². The maximum absolute atomic E-state index is 11.0. The van der Waals surface area contributed by atoms with E-state index >= 15 is 0 Å². The van der Waals surface area contributed by atoms with Gasteiger partial charge in [0.05, 0.1) is 18.3 Å². The zero-order valence-corrected chi connectivity index (χ0v) is 9.35. The van der Waals surface area contributed by atoms with Crippen LogP contribution in [-0.2, 0) is 9.53 Å². The Morgan fingerprint density at radius 2 is 2.13 bits per heavy atom. The average molecular weight is 216 g/mol. The molecule has 1 saturated heterocycles. The van der Waals surface area contributed by atoms with Crippen LogP contribution in [0.25, 0.3) is 0 Å². The maximum Gasteiger partial charge on any atom is 0.132 e. The number of aliphatic hydroxyl groups excluding tert-OH is 2. The summed E-state index contributed by atoms with van der Waals surface area (Å²) in [4.78, 5) is 11.0. The molecule has 4 atom stereocenters. The topological polar surface area (TPSA) is 66.8 Å². The third-order valence-electron chi connectivity index (χ3n) is 2.75. The van der Waals surface area contributed by atoms with Gasteiger partial charge in [-0.25, -0.2) is 0 Å². The molecule has 1 aliphatic rings. The lowest BCUT2D eigenvalue weighted by Crippen LogP contribution is -2.48. The number of rotatable bonds is 4. The molecule has 0 unspecified atom stereocenters. The second-order valence-corrected chi connectivity index (χ2v) is 4.28. The summed E-state index contributed by atoms with van der Waals surface area (Å²) in [5.41, 5.74) is 0. The van der Waals surface area contributed by atoms with E-state index in [9.17, 15) is 15.0 Å². The van der Waals surface area contributed by atoms with Crippen molar-refractivity contribution in [2.45, 2.75) is 63.9 Å². The minimum atomic E-state index is -0.929. The predicted molar refractivity (Wildman–Crippen MR) is 55.5 cm³/mol. The highest BCUT2D eigenvalue weighted by Gasteiger charge is 2.36. The van der Waals surface area contributed by atoms with Crippen molar-refractivity contribution in [1.82, 2.24) is 0 Å². The van der Waals surface area contributed by atoms with E-state index < -0.39 is 18.3 Å². The Kier molecular flexibility index (Phi) is 4.70. The molecule has 0 aromatic heterocycles. The number of Topliss-reactive ketones (excluding diaryl/α,β-unsaturated/α-hetero) is 1. The second kappa shape index (κ2) is 5.58.